The summed E-state index contributed by atoms with van der Waals surface area (Å²) in [5, 5.41) is 4.02. The minimum absolute atomic E-state index is 0.195. The molecule has 2 rings (SSSR count). The molecule has 2 aromatic carbocycles. The van der Waals surface area contributed by atoms with Gasteiger partial charge >= 0.3 is 0 Å². The molecule has 0 spiro atoms. The third-order valence-corrected chi connectivity index (χ3v) is 3.69. The van der Waals surface area contributed by atoms with Gasteiger partial charge in [0.05, 0.1) is 34.0 Å². The third-order valence-electron chi connectivity index (χ3n) is 3.69. The lowest BCUT2D eigenvalue weighted by Crippen LogP contribution is -2.19. The topological polar surface area (TPSA) is 69.2 Å². The van der Waals surface area contributed by atoms with Gasteiger partial charge in [0.1, 0.15) is 5.75 Å². The zero-order valence-corrected chi connectivity index (χ0v) is 14.8. The van der Waals surface area contributed by atoms with Gasteiger partial charge in [0.25, 0.3) is 0 Å². The Hall–Kier alpha value is -3.02. The standard InChI is InChI=1S/C19H22N2O4/c1-13-9-17(24-3)18(25-4)11-15(13)12-20-21-19(22)10-14-5-7-16(23-2)8-6-14/h5-9,11-12H,10H2,1-4H3,(H,21,22)/b20-12+. The predicted octanol–water partition coefficient (Wildman–Crippen LogP) is 2.71. The Morgan fingerprint density at radius 1 is 1.04 bits per heavy atom. The Morgan fingerprint density at radius 2 is 1.68 bits per heavy atom. The van der Waals surface area contributed by atoms with Crippen LogP contribution in [0.1, 0.15) is 16.7 Å². The molecule has 132 valence electrons. The molecule has 6 heteroatoms. The van der Waals surface area contributed by atoms with Crippen LogP contribution < -0.4 is 19.6 Å². The fourth-order valence-electron chi connectivity index (χ4n) is 2.28. The number of methoxy groups -OCH3 is 3. The highest BCUT2D eigenvalue weighted by atomic mass is 16.5. The summed E-state index contributed by atoms with van der Waals surface area (Å²) in [5.74, 6) is 1.82. The summed E-state index contributed by atoms with van der Waals surface area (Å²) in [4.78, 5) is 12.0. The van der Waals surface area contributed by atoms with Crippen LogP contribution in [0.2, 0.25) is 0 Å². The monoisotopic (exact) mass is 342 g/mol. The molecule has 1 N–H and O–H groups in total. The molecule has 0 heterocycles. The van der Waals surface area contributed by atoms with Gasteiger partial charge in [0.2, 0.25) is 5.91 Å². The molecule has 0 aromatic heterocycles. The Labute approximate surface area is 147 Å². The largest absolute Gasteiger partial charge is 0.497 e. The zero-order chi connectivity index (χ0) is 18.2. The number of carbonyl (C=O) groups is 1. The molecule has 0 bridgehead atoms. The second-order valence-electron chi connectivity index (χ2n) is 5.38. The molecule has 0 atom stereocenters. The van der Waals surface area contributed by atoms with Crippen LogP contribution in [0.5, 0.6) is 17.2 Å². The van der Waals surface area contributed by atoms with Crippen LogP contribution in [-0.2, 0) is 11.2 Å². The van der Waals surface area contributed by atoms with E-state index in [9.17, 15) is 4.79 Å². The van der Waals surface area contributed by atoms with Crippen LogP contribution >= 0.6 is 0 Å². The summed E-state index contributed by atoms with van der Waals surface area (Å²) >= 11 is 0. The quantitative estimate of drug-likeness (QED) is 0.620. The van der Waals surface area contributed by atoms with E-state index < -0.39 is 0 Å². The summed E-state index contributed by atoms with van der Waals surface area (Å²) < 4.78 is 15.6. The molecule has 1 amide bonds. The predicted molar refractivity (Wildman–Crippen MR) is 96.7 cm³/mol. The maximum absolute atomic E-state index is 12.0. The Kier molecular flexibility index (Phi) is 6.39. The van der Waals surface area contributed by atoms with E-state index in [2.05, 4.69) is 10.5 Å². The molecule has 25 heavy (non-hydrogen) atoms. The van der Waals surface area contributed by atoms with Gasteiger partial charge in [-0.15, -0.1) is 0 Å². The van der Waals surface area contributed by atoms with Crippen molar-refractivity contribution in [1.82, 2.24) is 5.43 Å². The molecular formula is C19H22N2O4. The molecule has 0 radical (unpaired) electrons. The molecule has 0 aliphatic heterocycles. The van der Waals surface area contributed by atoms with Crippen molar-refractivity contribution in [2.75, 3.05) is 21.3 Å². The zero-order valence-electron chi connectivity index (χ0n) is 14.8. The van der Waals surface area contributed by atoms with E-state index in [1.165, 1.54) is 0 Å². The summed E-state index contributed by atoms with van der Waals surface area (Å²) in [6.07, 6.45) is 1.83. The Bertz CT molecular complexity index is 755. The summed E-state index contributed by atoms with van der Waals surface area (Å²) in [6, 6.07) is 11.0. The van der Waals surface area contributed by atoms with Crippen LogP contribution in [-0.4, -0.2) is 33.5 Å². The van der Waals surface area contributed by atoms with Crippen molar-refractivity contribution in [3.8, 4) is 17.2 Å². The molecule has 0 aliphatic rings. The van der Waals surface area contributed by atoms with Crippen molar-refractivity contribution in [3.05, 3.63) is 53.1 Å². The first-order chi connectivity index (χ1) is 12.1. The molecule has 0 aliphatic carbocycles. The van der Waals surface area contributed by atoms with Gasteiger partial charge in [-0.2, -0.15) is 5.10 Å². The minimum Gasteiger partial charge on any atom is -0.497 e. The van der Waals surface area contributed by atoms with Crippen molar-refractivity contribution in [1.29, 1.82) is 0 Å². The lowest BCUT2D eigenvalue weighted by atomic mass is 10.1. The fourth-order valence-corrected chi connectivity index (χ4v) is 2.28. The lowest BCUT2D eigenvalue weighted by molar-refractivity contribution is -0.120. The van der Waals surface area contributed by atoms with Gasteiger partial charge in [0, 0.05) is 5.56 Å². The van der Waals surface area contributed by atoms with Crippen molar-refractivity contribution in [3.63, 3.8) is 0 Å². The minimum atomic E-state index is -0.195. The molecule has 0 fully saturated rings. The third kappa shape index (κ3) is 4.97. The number of nitrogens with zero attached hydrogens (tertiary/aromatic N) is 1. The van der Waals surface area contributed by atoms with E-state index >= 15 is 0 Å². The first-order valence-electron chi connectivity index (χ1n) is 7.74. The first kappa shape index (κ1) is 18.3. The van der Waals surface area contributed by atoms with Gasteiger partial charge in [-0.05, 0) is 42.3 Å². The van der Waals surface area contributed by atoms with E-state index in [1.807, 2.05) is 43.3 Å². The van der Waals surface area contributed by atoms with Crippen LogP contribution in [0, 0.1) is 6.92 Å². The SMILES string of the molecule is COc1ccc(CC(=O)N/N=C/c2cc(OC)c(OC)cc2C)cc1. The summed E-state index contributed by atoms with van der Waals surface area (Å²) in [7, 11) is 4.77. The van der Waals surface area contributed by atoms with Gasteiger partial charge in [0.15, 0.2) is 11.5 Å². The van der Waals surface area contributed by atoms with Crippen LogP contribution in [0.4, 0.5) is 0 Å². The van der Waals surface area contributed by atoms with Crippen molar-refractivity contribution >= 4 is 12.1 Å². The van der Waals surface area contributed by atoms with Gasteiger partial charge < -0.3 is 14.2 Å². The molecule has 0 unspecified atom stereocenters. The number of hydrogen-bond acceptors (Lipinski definition) is 5. The maximum atomic E-state index is 12.0. The van der Waals surface area contributed by atoms with Crippen molar-refractivity contribution in [2.24, 2.45) is 5.10 Å². The number of aryl methyl sites for hydroxylation is 1. The molecule has 0 saturated carbocycles. The van der Waals surface area contributed by atoms with Gasteiger partial charge in [-0.3, -0.25) is 4.79 Å². The molecule has 0 saturated heterocycles. The van der Waals surface area contributed by atoms with E-state index in [1.54, 1.807) is 27.5 Å². The average Bonchev–Trinajstić information content (AvgIpc) is 2.63. The number of amides is 1. The van der Waals surface area contributed by atoms with Crippen molar-refractivity contribution < 1.29 is 19.0 Å². The van der Waals surface area contributed by atoms with Gasteiger partial charge in [-0.1, -0.05) is 12.1 Å². The molecule has 2 aromatic rings. The Balaban J connectivity index is 1.98. The highest BCUT2D eigenvalue weighted by Gasteiger charge is 2.07. The maximum Gasteiger partial charge on any atom is 0.244 e. The number of nitrogens with one attached hydrogen (secondary N) is 1. The van der Waals surface area contributed by atoms with Crippen LogP contribution in [0.3, 0.4) is 0 Å². The number of rotatable bonds is 7. The molecular weight excluding hydrogens is 320 g/mol. The van der Waals surface area contributed by atoms with Crippen LogP contribution in [0.15, 0.2) is 41.5 Å². The number of benzene rings is 2. The second-order valence-corrected chi connectivity index (χ2v) is 5.38. The van der Waals surface area contributed by atoms with E-state index in [-0.39, 0.29) is 12.3 Å². The number of hydrazone groups is 1. The highest BCUT2D eigenvalue weighted by molar-refractivity contribution is 5.85. The average molecular weight is 342 g/mol. The van der Waals surface area contributed by atoms with E-state index in [4.69, 9.17) is 14.2 Å². The fraction of sp³-hybridized carbons (Fsp3) is 0.263. The second kappa shape index (κ2) is 8.73. The summed E-state index contributed by atoms with van der Waals surface area (Å²) in [5.41, 5.74) is 5.21. The number of carbonyl (C=O) groups excluding carboxylic acids is 1. The smallest absolute Gasteiger partial charge is 0.244 e. The molecule has 6 nitrogen and oxygen atoms in total. The van der Waals surface area contributed by atoms with Crippen molar-refractivity contribution in [2.45, 2.75) is 13.3 Å². The van der Waals surface area contributed by atoms with Gasteiger partial charge in [-0.25, -0.2) is 5.43 Å². The highest BCUT2D eigenvalue weighted by Crippen LogP contribution is 2.29. The summed E-state index contributed by atoms with van der Waals surface area (Å²) in [6.45, 7) is 1.93. The normalized spacial score (nSPS) is 10.6. The number of ether oxygens (including phenoxy) is 3. The van der Waals surface area contributed by atoms with E-state index in [0.717, 1.165) is 22.4 Å². The van der Waals surface area contributed by atoms with Crippen LogP contribution in [0.25, 0.3) is 0 Å². The lowest BCUT2D eigenvalue weighted by Gasteiger charge is -2.10. The first-order valence-corrected chi connectivity index (χ1v) is 7.74. The van der Waals surface area contributed by atoms with E-state index in [0.29, 0.717) is 11.5 Å². The number of hydrogen-bond donors (Lipinski definition) is 1. The Morgan fingerprint density at radius 3 is 2.28 bits per heavy atom.